The molecule has 2 aromatic carbocycles. The molecule has 3 fully saturated rings. The number of anilines is 1. The molecule has 30 heavy (non-hydrogen) atoms. The molecule has 0 bridgehead atoms. The highest BCUT2D eigenvalue weighted by atomic mass is 32.2. The summed E-state index contributed by atoms with van der Waals surface area (Å²) in [5, 5.41) is 0. The van der Waals surface area contributed by atoms with Gasteiger partial charge in [-0.15, -0.1) is 0 Å². The molecule has 2 aliphatic heterocycles. The van der Waals surface area contributed by atoms with Crippen LogP contribution in [0.1, 0.15) is 24.5 Å². The highest BCUT2D eigenvalue weighted by Gasteiger charge is 2.60. The summed E-state index contributed by atoms with van der Waals surface area (Å²) in [6.07, 6.45) is 1.33. The second kappa shape index (κ2) is 7.36. The number of piperazine rings is 1. The van der Waals surface area contributed by atoms with Gasteiger partial charge in [0, 0.05) is 50.4 Å². The molecule has 2 saturated heterocycles. The summed E-state index contributed by atoms with van der Waals surface area (Å²) in [4.78, 5) is 5.26. The SMILES string of the molecule is CCN1CC2CC2(c2ccc(N3CCN(S(=O)(=O)c4ccc(C)cc4)CC3)cc2)C1. The molecule has 5 rings (SSSR count). The van der Waals surface area contributed by atoms with E-state index in [-0.39, 0.29) is 0 Å². The Balaban J connectivity index is 1.23. The monoisotopic (exact) mass is 425 g/mol. The number of likely N-dealkylation sites (N-methyl/N-ethyl adjacent to an activating group) is 1. The number of hydrogen-bond acceptors (Lipinski definition) is 4. The predicted octanol–water partition coefficient (Wildman–Crippen LogP) is 3.10. The number of hydrogen-bond donors (Lipinski definition) is 0. The van der Waals surface area contributed by atoms with Gasteiger partial charge in [-0.25, -0.2) is 8.42 Å². The fraction of sp³-hybridized carbons (Fsp3) is 0.500. The molecule has 3 aliphatic rings. The van der Waals surface area contributed by atoms with Gasteiger partial charge in [0.05, 0.1) is 4.90 Å². The lowest BCUT2D eigenvalue weighted by Gasteiger charge is -2.35. The van der Waals surface area contributed by atoms with Crippen LogP contribution in [0, 0.1) is 12.8 Å². The van der Waals surface area contributed by atoms with Crippen molar-refractivity contribution in [2.75, 3.05) is 50.7 Å². The summed E-state index contributed by atoms with van der Waals surface area (Å²) in [5.74, 6) is 0.832. The molecule has 160 valence electrons. The van der Waals surface area contributed by atoms with Gasteiger partial charge in [-0.2, -0.15) is 4.31 Å². The topological polar surface area (TPSA) is 43.9 Å². The minimum Gasteiger partial charge on any atom is -0.369 e. The van der Waals surface area contributed by atoms with Crippen LogP contribution in [0.2, 0.25) is 0 Å². The van der Waals surface area contributed by atoms with E-state index in [0.29, 0.717) is 23.4 Å². The van der Waals surface area contributed by atoms with Gasteiger partial charge < -0.3 is 9.80 Å². The molecular formula is C24H31N3O2S. The number of likely N-dealkylation sites (tertiary alicyclic amines) is 1. The lowest BCUT2D eigenvalue weighted by Crippen LogP contribution is -2.48. The Hall–Kier alpha value is -1.89. The first-order valence-corrected chi connectivity index (χ1v) is 12.5. The van der Waals surface area contributed by atoms with E-state index < -0.39 is 10.0 Å². The van der Waals surface area contributed by atoms with E-state index in [1.54, 1.807) is 16.4 Å². The van der Waals surface area contributed by atoms with E-state index in [4.69, 9.17) is 0 Å². The van der Waals surface area contributed by atoms with Crippen molar-refractivity contribution >= 4 is 15.7 Å². The summed E-state index contributed by atoms with van der Waals surface area (Å²) < 4.78 is 27.5. The zero-order valence-electron chi connectivity index (χ0n) is 17.9. The van der Waals surface area contributed by atoms with Crippen molar-refractivity contribution in [3.8, 4) is 0 Å². The summed E-state index contributed by atoms with van der Waals surface area (Å²) in [6.45, 7) is 10.3. The fourth-order valence-electron chi connectivity index (χ4n) is 5.32. The highest BCUT2D eigenvalue weighted by molar-refractivity contribution is 7.89. The minimum absolute atomic E-state index is 0.391. The summed E-state index contributed by atoms with van der Waals surface area (Å²) >= 11 is 0. The molecule has 6 heteroatoms. The van der Waals surface area contributed by atoms with Crippen LogP contribution in [0.4, 0.5) is 5.69 Å². The number of benzene rings is 2. The minimum atomic E-state index is -3.41. The molecule has 1 saturated carbocycles. The van der Waals surface area contributed by atoms with E-state index in [1.807, 2.05) is 19.1 Å². The van der Waals surface area contributed by atoms with Gasteiger partial charge in [-0.05, 0) is 55.6 Å². The van der Waals surface area contributed by atoms with E-state index >= 15 is 0 Å². The van der Waals surface area contributed by atoms with Crippen molar-refractivity contribution in [2.45, 2.75) is 30.6 Å². The average molecular weight is 426 g/mol. The smallest absolute Gasteiger partial charge is 0.243 e. The van der Waals surface area contributed by atoms with E-state index in [0.717, 1.165) is 31.1 Å². The van der Waals surface area contributed by atoms with Gasteiger partial charge in [0.2, 0.25) is 10.0 Å². The Morgan fingerprint density at radius 2 is 1.63 bits per heavy atom. The van der Waals surface area contributed by atoms with Crippen molar-refractivity contribution in [2.24, 2.45) is 5.92 Å². The van der Waals surface area contributed by atoms with Crippen LogP contribution in [-0.4, -0.2) is 63.4 Å². The number of sulfonamides is 1. The quantitative estimate of drug-likeness (QED) is 0.738. The predicted molar refractivity (Wildman–Crippen MR) is 120 cm³/mol. The Labute approximate surface area is 180 Å². The molecule has 2 atom stereocenters. The fourth-order valence-corrected chi connectivity index (χ4v) is 6.75. The molecule has 0 radical (unpaired) electrons. The maximum Gasteiger partial charge on any atom is 0.243 e. The van der Waals surface area contributed by atoms with Gasteiger partial charge in [-0.3, -0.25) is 0 Å². The van der Waals surface area contributed by atoms with Gasteiger partial charge in [0.25, 0.3) is 0 Å². The van der Waals surface area contributed by atoms with Crippen LogP contribution in [-0.2, 0) is 15.4 Å². The normalized spacial score (nSPS) is 27.3. The first kappa shape index (κ1) is 20.0. The van der Waals surface area contributed by atoms with Crippen LogP contribution in [0.15, 0.2) is 53.4 Å². The van der Waals surface area contributed by atoms with E-state index in [1.165, 1.54) is 30.8 Å². The Bertz CT molecular complexity index is 1010. The maximum atomic E-state index is 12.9. The lowest BCUT2D eigenvalue weighted by atomic mass is 9.94. The van der Waals surface area contributed by atoms with Gasteiger partial charge in [-0.1, -0.05) is 36.8 Å². The largest absolute Gasteiger partial charge is 0.369 e. The second-order valence-electron chi connectivity index (χ2n) is 9.14. The summed E-state index contributed by atoms with van der Waals surface area (Å²) in [6, 6.07) is 16.2. The molecule has 2 aromatic rings. The summed E-state index contributed by atoms with van der Waals surface area (Å²) in [7, 11) is -3.41. The second-order valence-corrected chi connectivity index (χ2v) is 11.1. The molecule has 0 amide bonds. The zero-order valence-corrected chi connectivity index (χ0v) is 18.7. The average Bonchev–Trinajstić information content (AvgIpc) is 3.35. The van der Waals surface area contributed by atoms with Crippen LogP contribution in [0.5, 0.6) is 0 Å². The maximum absolute atomic E-state index is 12.9. The zero-order chi connectivity index (χ0) is 20.9. The molecule has 2 heterocycles. The van der Waals surface area contributed by atoms with Crippen molar-refractivity contribution in [1.82, 2.24) is 9.21 Å². The standard InChI is InChI=1S/C24H31N3O2S/c1-3-25-17-21-16-24(21,18-25)20-6-8-22(9-7-20)26-12-14-27(15-13-26)30(28,29)23-10-4-19(2)5-11-23/h4-11,21H,3,12-18H2,1-2H3. The van der Waals surface area contributed by atoms with Crippen molar-refractivity contribution < 1.29 is 8.42 Å². The summed E-state index contributed by atoms with van der Waals surface area (Å²) in [5.41, 5.74) is 4.15. The highest BCUT2D eigenvalue weighted by Crippen LogP contribution is 2.59. The van der Waals surface area contributed by atoms with Crippen molar-refractivity contribution in [3.63, 3.8) is 0 Å². The van der Waals surface area contributed by atoms with Crippen LogP contribution >= 0.6 is 0 Å². The van der Waals surface area contributed by atoms with E-state index in [9.17, 15) is 8.42 Å². The lowest BCUT2D eigenvalue weighted by molar-refractivity contribution is 0.314. The third-order valence-corrected chi connectivity index (χ3v) is 9.28. The molecule has 0 spiro atoms. The number of fused-ring (bicyclic) bond motifs is 1. The van der Waals surface area contributed by atoms with Gasteiger partial charge >= 0.3 is 0 Å². The molecule has 0 N–H and O–H groups in total. The third kappa shape index (κ3) is 3.35. The molecule has 1 aliphatic carbocycles. The first-order valence-electron chi connectivity index (χ1n) is 11.1. The Morgan fingerprint density at radius 3 is 2.23 bits per heavy atom. The van der Waals surface area contributed by atoms with Crippen LogP contribution in [0.3, 0.4) is 0 Å². The molecule has 2 unspecified atom stereocenters. The molecule has 0 aromatic heterocycles. The Morgan fingerprint density at radius 1 is 0.967 bits per heavy atom. The van der Waals surface area contributed by atoms with Gasteiger partial charge in [0.1, 0.15) is 0 Å². The number of nitrogens with zero attached hydrogens (tertiary/aromatic N) is 3. The van der Waals surface area contributed by atoms with Crippen LogP contribution in [0.25, 0.3) is 0 Å². The molecule has 5 nitrogen and oxygen atoms in total. The Kier molecular flexibility index (Phi) is 4.92. The molecular weight excluding hydrogens is 394 g/mol. The number of aryl methyl sites for hydroxylation is 1. The third-order valence-electron chi connectivity index (χ3n) is 7.37. The first-order chi connectivity index (χ1) is 14.4. The van der Waals surface area contributed by atoms with E-state index in [2.05, 4.69) is 41.0 Å². The number of piperidine rings is 1. The van der Waals surface area contributed by atoms with Crippen molar-refractivity contribution in [3.05, 3.63) is 59.7 Å². The van der Waals surface area contributed by atoms with Gasteiger partial charge in [0.15, 0.2) is 0 Å². The van der Waals surface area contributed by atoms with Crippen molar-refractivity contribution in [1.29, 1.82) is 0 Å². The van der Waals surface area contributed by atoms with Crippen LogP contribution < -0.4 is 4.90 Å². The number of rotatable bonds is 5.